The molecule has 0 saturated heterocycles. The van der Waals surface area contributed by atoms with Gasteiger partial charge in [-0.05, 0) is 38.8 Å². The predicted octanol–water partition coefficient (Wildman–Crippen LogP) is 3.84. The molecule has 23 heavy (non-hydrogen) atoms. The van der Waals surface area contributed by atoms with E-state index in [0.29, 0.717) is 16.7 Å². The van der Waals surface area contributed by atoms with E-state index in [0.717, 1.165) is 11.3 Å². The number of ether oxygens (including phenoxy) is 1. The molecule has 0 N–H and O–H groups in total. The smallest absolute Gasteiger partial charge is 0.340 e. The van der Waals surface area contributed by atoms with Crippen LogP contribution in [0.2, 0.25) is 0 Å². The second-order valence-electron chi connectivity index (χ2n) is 5.52. The fraction of sp³-hybridized carbons (Fsp3) is 0.294. The summed E-state index contributed by atoms with van der Waals surface area (Å²) in [5.74, 6) is -0.489. The zero-order valence-corrected chi connectivity index (χ0v) is 13.5. The summed E-state index contributed by atoms with van der Waals surface area (Å²) in [6, 6.07) is 6.20. The van der Waals surface area contributed by atoms with Crippen LogP contribution in [0.5, 0.6) is 0 Å². The molecule has 0 radical (unpaired) electrons. The number of esters is 1. The van der Waals surface area contributed by atoms with Crippen molar-refractivity contribution in [1.82, 2.24) is 4.98 Å². The van der Waals surface area contributed by atoms with Crippen LogP contribution in [-0.4, -0.2) is 22.0 Å². The molecule has 0 fully saturated rings. The monoisotopic (exact) mass is 314 g/mol. The van der Waals surface area contributed by atoms with Gasteiger partial charge in [-0.2, -0.15) is 0 Å². The van der Waals surface area contributed by atoms with Gasteiger partial charge in [0.05, 0.1) is 16.6 Å². The van der Waals surface area contributed by atoms with Gasteiger partial charge in [-0.3, -0.25) is 15.1 Å². The lowest BCUT2D eigenvalue weighted by Gasteiger charge is -2.15. The topological polar surface area (TPSA) is 82.3 Å². The summed E-state index contributed by atoms with van der Waals surface area (Å²) >= 11 is 0. The first-order chi connectivity index (χ1) is 10.8. The highest BCUT2D eigenvalue weighted by Crippen LogP contribution is 2.31. The van der Waals surface area contributed by atoms with Gasteiger partial charge in [-0.25, -0.2) is 4.79 Å². The van der Waals surface area contributed by atoms with Gasteiger partial charge in [-0.1, -0.05) is 12.1 Å². The minimum atomic E-state index is -0.489. The third-order valence-corrected chi connectivity index (χ3v) is 3.48. The van der Waals surface area contributed by atoms with Crippen LogP contribution in [0, 0.1) is 24.0 Å². The van der Waals surface area contributed by atoms with Crippen molar-refractivity contribution in [3.05, 3.63) is 57.4 Å². The maximum atomic E-state index is 12.3. The number of benzene rings is 1. The molecule has 1 aromatic heterocycles. The van der Waals surface area contributed by atoms with Crippen LogP contribution >= 0.6 is 0 Å². The third-order valence-electron chi connectivity index (χ3n) is 3.48. The van der Waals surface area contributed by atoms with Crippen LogP contribution in [0.25, 0.3) is 11.1 Å². The van der Waals surface area contributed by atoms with E-state index in [9.17, 15) is 14.9 Å². The molecular weight excluding hydrogens is 296 g/mol. The second-order valence-corrected chi connectivity index (χ2v) is 5.52. The summed E-state index contributed by atoms with van der Waals surface area (Å²) in [7, 11) is 0. The normalized spacial score (nSPS) is 10.7. The lowest BCUT2D eigenvalue weighted by Crippen LogP contribution is -2.14. The number of aryl methyl sites for hydroxylation is 1. The molecule has 0 aliphatic heterocycles. The van der Waals surface area contributed by atoms with Gasteiger partial charge in [0.15, 0.2) is 0 Å². The maximum absolute atomic E-state index is 12.3. The fourth-order valence-electron chi connectivity index (χ4n) is 2.28. The van der Waals surface area contributed by atoms with E-state index < -0.39 is 10.9 Å². The summed E-state index contributed by atoms with van der Waals surface area (Å²) < 4.78 is 5.26. The van der Waals surface area contributed by atoms with E-state index >= 15 is 0 Å². The van der Waals surface area contributed by atoms with Crippen LogP contribution in [-0.2, 0) is 4.74 Å². The fourth-order valence-corrected chi connectivity index (χ4v) is 2.28. The van der Waals surface area contributed by atoms with Crippen molar-refractivity contribution < 1.29 is 14.5 Å². The number of rotatable bonds is 4. The minimum absolute atomic E-state index is 0.0282. The second kappa shape index (κ2) is 6.56. The molecule has 1 aromatic carbocycles. The quantitative estimate of drug-likeness (QED) is 0.486. The Hall–Kier alpha value is -2.76. The first-order valence-corrected chi connectivity index (χ1v) is 7.23. The largest absolute Gasteiger partial charge is 0.459 e. The van der Waals surface area contributed by atoms with Crippen LogP contribution < -0.4 is 0 Å². The van der Waals surface area contributed by atoms with Crippen LogP contribution in [0.3, 0.4) is 0 Å². The van der Waals surface area contributed by atoms with Crippen molar-refractivity contribution in [2.24, 2.45) is 0 Å². The first-order valence-electron chi connectivity index (χ1n) is 7.23. The van der Waals surface area contributed by atoms with Crippen molar-refractivity contribution in [2.75, 3.05) is 0 Å². The Morgan fingerprint density at radius 3 is 2.61 bits per heavy atom. The summed E-state index contributed by atoms with van der Waals surface area (Å²) in [4.78, 5) is 27.1. The third kappa shape index (κ3) is 3.53. The molecule has 6 heteroatoms. The molecule has 1 heterocycles. The molecule has 0 aliphatic carbocycles. The number of aromatic nitrogens is 1. The van der Waals surface area contributed by atoms with Crippen LogP contribution in [0.15, 0.2) is 30.5 Å². The van der Waals surface area contributed by atoms with E-state index in [1.54, 1.807) is 26.0 Å². The highest BCUT2D eigenvalue weighted by Gasteiger charge is 2.20. The molecule has 2 rings (SSSR count). The molecule has 0 amide bonds. The molecule has 0 saturated carbocycles. The number of nitro benzene ring substituents is 1. The van der Waals surface area contributed by atoms with E-state index in [1.807, 2.05) is 13.8 Å². The zero-order chi connectivity index (χ0) is 17.1. The molecule has 120 valence electrons. The molecular formula is C17H18N2O4. The first kappa shape index (κ1) is 16.6. The summed E-state index contributed by atoms with van der Waals surface area (Å²) in [5, 5.41) is 11.0. The molecule has 0 unspecified atom stereocenters. The van der Waals surface area contributed by atoms with Crippen LogP contribution in [0.4, 0.5) is 5.69 Å². The lowest BCUT2D eigenvalue weighted by molar-refractivity contribution is -0.384. The number of nitro groups is 1. The van der Waals surface area contributed by atoms with E-state index in [1.165, 1.54) is 18.3 Å². The Labute approximate surface area is 134 Å². The Morgan fingerprint density at radius 2 is 2.00 bits per heavy atom. The highest BCUT2D eigenvalue weighted by molar-refractivity contribution is 5.98. The average Bonchev–Trinajstić information content (AvgIpc) is 2.49. The summed E-state index contributed by atoms with van der Waals surface area (Å²) in [5.41, 5.74) is 3.04. The number of non-ortho nitro benzene ring substituents is 1. The van der Waals surface area contributed by atoms with E-state index in [-0.39, 0.29) is 11.8 Å². The predicted molar refractivity (Wildman–Crippen MR) is 86.4 cm³/mol. The van der Waals surface area contributed by atoms with Crippen molar-refractivity contribution in [3.63, 3.8) is 0 Å². The number of carbonyl (C=O) groups is 1. The van der Waals surface area contributed by atoms with Gasteiger partial charge < -0.3 is 4.74 Å². The molecule has 0 bridgehead atoms. The number of hydrogen-bond donors (Lipinski definition) is 0. The molecule has 2 aromatic rings. The highest BCUT2D eigenvalue weighted by atomic mass is 16.6. The van der Waals surface area contributed by atoms with Crippen molar-refractivity contribution in [1.29, 1.82) is 0 Å². The molecule has 6 nitrogen and oxygen atoms in total. The Balaban J connectivity index is 2.65. The number of nitrogens with zero attached hydrogens (tertiary/aromatic N) is 2. The van der Waals surface area contributed by atoms with Gasteiger partial charge in [0.1, 0.15) is 0 Å². The molecule has 0 atom stereocenters. The Kier molecular flexibility index (Phi) is 4.74. The number of hydrogen-bond acceptors (Lipinski definition) is 5. The molecule has 0 aliphatic rings. The lowest BCUT2D eigenvalue weighted by atomic mass is 9.95. The van der Waals surface area contributed by atoms with Crippen molar-refractivity contribution in [2.45, 2.75) is 33.8 Å². The SMILES string of the molecule is Cc1ncc(C(=O)OC(C)C)c(-c2cccc([N+](=O)[O-])c2)c1C. The summed E-state index contributed by atoms with van der Waals surface area (Å²) in [6.45, 7) is 7.19. The minimum Gasteiger partial charge on any atom is -0.459 e. The molecule has 0 spiro atoms. The van der Waals surface area contributed by atoms with Crippen molar-refractivity contribution >= 4 is 11.7 Å². The average molecular weight is 314 g/mol. The number of carbonyl (C=O) groups excluding carboxylic acids is 1. The van der Waals surface area contributed by atoms with E-state index in [4.69, 9.17) is 4.74 Å². The zero-order valence-electron chi connectivity index (χ0n) is 13.5. The van der Waals surface area contributed by atoms with Gasteiger partial charge >= 0.3 is 5.97 Å². The number of pyridine rings is 1. The van der Waals surface area contributed by atoms with E-state index in [2.05, 4.69) is 4.98 Å². The standard InChI is InChI=1S/C17H18N2O4/c1-10(2)23-17(20)15-9-18-12(4)11(3)16(15)13-6-5-7-14(8-13)19(21)22/h5-10H,1-4H3. The van der Waals surface area contributed by atoms with Gasteiger partial charge in [0, 0.05) is 29.6 Å². The van der Waals surface area contributed by atoms with Gasteiger partial charge in [-0.15, -0.1) is 0 Å². The Bertz CT molecular complexity index is 769. The van der Waals surface area contributed by atoms with Crippen molar-refractivity contribution in [3.8, 4) is 11.1 Å². The van der Waals surface area contributed by atoms with Gasteiger partial charge in [0.2, 0.25) is 0 Å². The summed E-state index contributed by atoms with van der Waals surface area (Å²) in [6.07, 6.45) is 1.20. The maximum Gasteiger partial charge on any atom is 0.340 e. The van der Waals surface area contributed by atoms with Crippen LogP contribution in [0.1, 0.15) is 35.5 Å². The van der Waals surface area contributed by atoms with Gasteiger partial charge in [0.25, 0.3) is 5.69 Å². The Morgan fingerprint density at radius 1 is 1.30 bits per heavy atom.